The number of fused-ring (bicyclic) bond motifs is 2. The van der Waals surface area contributed by atoms with Crippen LogP contribution in [0.25, 0.3) is 0 Å². The van der Waals surface area contributed by atoms with Crippen LogP contribution in [0.3, 0.4) is 0 Å². The number of nitrogens with zero attached hydrogens (tertiary/aromatic N) is 2. The zero-order chi connectivity index (χ0) is 23.3. The van der Waals surface area contributed by atoms with E-state index in [1.807, 2.05) is 0 Å². The number of hydrogen-bond donors (Lipinski definition) is 5. The minimum atomic E-state index is -3.43. The van der Waals surface area contributed by atoms with Gasteiger partial charge in [-0.3, -0.25) is 0 Å². The second-order valence-corrected chi connectivity index (χ2v) is 10.3. The molecule has 3 aliphatic rings. The molecule has 2 fully saturated rings. The third-order valence-corrected chi connectivity index (χ3v) is 7.15. The number of carbonyl (C=O) groups is 1. The number of aromatic amines is 1. The van der Waals surface area contributed by atoms with Gasteiger partial charge >= 0.3 is 189 Å². The summed E-state index contributed by atoms with van der Waals surface area (Å²) in [5.74, 6) is -0.392. The fourth-order valence-electron chi connectivity index (χ4n) is 4.25. The van der Waals surface area contributed by atoms with Gasteiger partial charge in [0.1, 0.15) is 0 Å². The number of para-hydroxylation sites is 1. The molecule has 5 rings (SSSR count). The Hall–Kier alpha value is -2.90. The van der Waals surface area contributed by atoms with Gasteiger partial charge in [-0.2, -0.15) is 0 Å². The van der Waals surface area contributed by atoms with Gasteiger partial charge in [0.15, 0.2) is 0 Å². The molecule has 15 heteroatoms. The fraction of sp³-hybridized carbons (Fsp3) is 0.389. The van der Waals surface area contributed by atoms with Gasteiger partial charge in [0.2, 0.25) is 0 Å². The van der Waals surface area contributed by atoms with E-state index in [0.717, 1.165) is 0 Å². The molecule has 33 heavy (non-hydrogen) atoms. The second kappa shape index (κ2) is 8.15. The first-order valence-corrected chi connectivity index (χ1v) is 12.6. The third-order valence-electron chi connectivity index (χ3n) is 5.74. The van der Waals surface area contributed by atoms with Crippen molar-refractivity contribution in [3.05, 3.63) is 40.2 Å². The molecule has 2 aromatic rings. The molecular weight excluding hydrogens is 454 g/mol. The summed E-state index contributed by atoms with van der Waals surface area (Å²) in [5.41, 5.74) is 6.47. The Labute approximate surface area is 189 Å². The van der Waals surface area contributed by atoms with E-state index in [1.54, 1.807) is 36.2 Å². The maximum atomic E-state index is 13.1. The van der Waals surface area contributed by atoms with E-state index in [4.69, 9.17) is 24.3 Å². The number of carbonyl (C=O) groups excluding carboxylic acids is 1. The van der Waals surface area contributed by atoms with Crippen LogP contribution in [0, 0.1) is 0 Å². The van der Waals surface area contributed by atoms with Crippen LogP contribution in [-0.4, -0.2) is 73.3 Å². The Bertz CT molecular complexity index is 1150. The zero-order valence-corrected chi connectivity index (χ0v) is 18.9. The normalized spacial score (nSPS) is 28.4. The molecule has 176 valence electrons. The quantitative estimate of drug-likeness (QED) is 0.206. The van der Waals surface area contributed by atoms with E-state index in [9.17, 15) is 14.5 Å². The molecule has 4 heterocycles. The Morgan fingerprint density at radius 3 is 3.03 bits per heavy atom. The van der Waals surface area contributed by atoms with Gasteiger partial charge in [0.25, 0.3) is 0 Å². The average Bonchev–Trinajstić information content (AvgIpc) is 3.34. The SMILES string of the molecule is B[PH]1(O)OCC2OC(N3CNc4c3nc(N)[nH]c4=O)C(OC(=O)c3ccccc3NC)[C@@H]2O1. The summed E-state index contributed by atoms with van der Waals surface area (Å²) < 4.78 is 23.3. The summed E-state index contributed by atoms with van der Waals surface area (Å²) in [6.07, 6.45) is -3.21. The first-order valence-electron chi connectivity index (χ1n) is 10.3. The summed E-state index contributed by atoms with van der Waals surface area (Å²) >= 11 is 0. The van der Waals surface area contributed by atoms with Crippen molar-refractivity contribution >= 4 is 44.5 Å². The molecular formula is C18H24BN6O7P. The van der Waals surface area contributed by atoms with E-state index in [2.05, 4.69) is 20.6 Å². The van der Waals surface area contributed by atoms with Gasteiger partial charge in [-0.15, -0.1) is 0 Å². The van der Waals surface area contributed by atoms with Crippen molar-refractivity contribution in [1.29, 1.82) is 0 Å². The predicted octanol–water partition coefficient (Wildman–Crippen LogP) is -1.02. The molecule has 0 radical (unpaired) electrons. The van der Waals surface area contributed by atoms with Crippen LogP contribution in [0.5, 0.6) is 0 Å². The Morgan fingerprint density at radius 2 is 2.24 bits per heavy atom. The average molecular weight is 478 g/mol. The number of nitrogen functional groups attached to an aromatic ring is 1. The van der Waals surface area contributed by atoms with E-state index in [-0.39, 0.29) is 30.7 Å². The summed E-state index contributed by atoms with van der Waals surface area (Å²) in [6, 6.07) is 6.92. The van der Waals surface area contributed by atoms with Crippen LogP contribution >= 0.6 is 7.82 Å². The van der Waals surface area contributed by atoms with Crippen molar-refractivity contribution in [1.82, 2.24) is 9.97 Å². The van der Waals surface area contributed by atoms with Crippen molar-refractivity contribution in [2.24, 2.45) is 0 Å². The number of rotatable bonds is 4. The zero-order valence-electron chi connectivity index (χ0n) is 17.9. The number of hydrogen-bond acceptors (Lipinski definition) is 12. The minimum absolute atomic E-state index is 0.0609. The maximum absolute atomic E-state index is 13.1. The topological polar surface area (TPSA) is 173 Å². The first kappa shape index (κ1) is 21.9. The van der Waals surface area contributed by atoms with Crippen LogP contribution in [0.4, 0.5) is 23.1 Å². The van der Waals surface area contributed by atoms with Gasteiger partial charge < -0.3 is 0 Å². The molecule has 1 aromatic carbocycles. The number of nitrogens with one attached hydrogen (secondary N) is 3. The van der Waals surface area contributed by atoms with Crippen LogP contribution in [0.15, 0.2) is 29.1 Å². The van der Waals surface area contributed by atoms with Crippen LogP contribution in [0.1, 0.15) is 10.4 Å². The molecule has 1 aromatic heterocycles. The molecule has 6 N–H and O–H groups in total. The van der Waals surface area contributed by atoms with E-state index >= 15 is 0 Å². The van der Waals surface area contributed by atoms with Crippen LogP contribution in [0.2, 0.25) is 0 Å². The van der Waals surface area contributed by atoms with Crippen LogP contribution in [-0.2, 0) is 18.5 Å². The molecule has 0 spiro atoms. The number of H-pyrrole nitrogens is 1. The van der Waals surface area contributed by atoms with E-state index in [1.165, 1.54) is 7.57 Å². The summed E-state index contributed by atoms with van der Waals surface area (Å²) in [7, 11) is -0.244. The molecule has 0 aliphatic carbocycles. The third kappa shape index (κ3) is 3.89. The molecule has 2 saturated heterocycles. The number of benzene rings is 1. The van der Waals surface area contributed by atoms with Gasteiger partial charge in [-0.05, 0) is 0 Å². The van der Waals surface area contributed by atoms with Crippen molar-refractivity contribution in [2.45, 2.75) is 24.5 Å². The van der Waals surface area contributed by atoms with Crippen LogP contribution < -0.4 is 26.8 Å². The number of esters is 1. The van der Waals surface area contributed by atoms with Crippen molar-refractivity contribution < 1.29 is 28.2 Å². The van der Waals surface area contributed by atoms with Crippen molar-refractivity contribution in [2.75, 3.05) is 41.6 Å². The van der Waals surface area contributed by atoms with E-state index in [0.29, 0.717) is 11.3 Å². The monoisotopic (exact) mass is 478 g/mol. The molecule has 0 bridgehead atoms. The molecule has 13 nitrogen and oxygen atoms in total. The first-order chi connectivity index (χ1) is 15.8. The van der Waals surface area contributed by atoms with Gasteiger partial charge in [0, 0.05) is 0 Å². The van der Waals surface area contributed by atoms with Gasteiger partial charge in [-0.1, -0.05) is 0 Å². The van der Waals surface area contributed by atoms with Gasteiger partial charge in [-0.25, -0.2) is 0 Å². The molecule has 0 saturated carbocycles. The molecule has 3 aliphatic heterocycles. The Morgan fingerprint density at radius 1 is 1.45 bits per heavy atom. The molecule has 0 amide bonds. The number of anilines is 4. The summed E-state index contributed by atoms with van der Waals surface area (Å²) in [6.45, 7) is 0.232. The van der Waals surface area contributed by atoms with Crippen molar-refractivity contribution in [3.63, 3.8) is 0 Å². The molecule has 4 atom stereocenters. The number of ether oxygens (including phenoxy) is 2. The number of aromatic nitrogens is 2. The Kier molecular flexibility index (Phi) is 5.42. The molecule has 3 unspecified atom stereocenters. The van der Waals surface area contributed by atoms with E-state index < -0.39 is 43.9 Å². The summed E-state index contributed by atoms with van der Waals surface area (Å²) in [4.78, 5) is 44.2. The number of nitrogens with two attached hydrogens (primary N) is 1. The fourth-order valence-corrected chi connectivity index (χ4v) is 5.58. The predicted molar refractivity (Wildman–Crippen MR) is 124 cm³/mol. The standard InChI is InChI=1S/C18H24BN6O7P/c1-21-9-5-3-2-4-8(9)17(27)31-13-12-10(6-29-33(19,28)32-12)30-16(13)25-7-22-11-14(25)23-18(20)24-15(11)26/h2-5,10,12-13,16,21-22,28,33H,6-7,19H2,1H3,(H3,20,23,24,26)/t10?,12-,13?,16?/m1/s1. The Balaban J connectivity index is 1.50. The second-order valence-electron chi connectivity index (χ2n) is 7.98. The van der Waals surface area contributed by atoms with Gasteiger partial charge in [0.05, 0.1) is 0 Å². The summed E-state index contributed by atoms with van der Waals surface area (Å²) in [5, 5.41) is 5.93. The van der Waals surface area contributed by atoms with Crippen molar-refractivity contribution in [3.8, 4) is 0 Å².